The summed E-state index contributed by atoms with van der Waals surface area (Å²) in [6.45, 7) is 3.93. The Hall–Kier alpha value is -2.57. The Morgan fingerprint density at radius 1 is 1.00 bits per heavy atom. The molecule has 2 aromatic heterocycles. The van der Waals surface area contributed by atoms with Crippen LogP contribution in [0.1, 0.15) is 16.8 Å². The molecule has 1 saturated heterocycles. The Kier molecular flexibility index (Phi) is 3.99. The molecule has 6 heteroatoms. The minimum absolute atomic E-state index is 0.714. The lowest BCUT2D eigenvalue weighted by Crippen LogP contribution is -2.36. The van der Waals surface area contributed by atoms with Crippen molar-refractivity contribution >= 4 is 22.9 Å². The van der Waals surface area contributed by atoms with Gasteiger partial charge in [0.25, 0.3) is 0 Å². The summed E-state index contributed by atoms with van der Waals surface area (Å²) in [4.78, 5) is 16.0. The van der Waals surface area contributed by atoms with E-state index in [2.05, 4.69) is 56.0 Å². The lowest BCUT2D eigenvalue weighted by molar-refractivity contribution is 0.122. The van der Waals surface area contributed by atoms with Crippen LogP contribution in [0, 0.1) is 0 Å². The van der Waals surface area contributed by atoms with Crippen molar-refractivity contribution in [3.8, 4) is 11.1 Å². The van der Waals surface area contributed by atoms with Crippen LogP contribution in [0.2, 0.25) is 0 Å². The quantitative estimate of drug-likeness (QED) is 0.717. The van der Waals surface area contributed by atoms with Gasteiger partial charge in [0.1, 0.15) is 12.1 Å². The van der Waals surface area contributed by atoms with Gasteiger partial charge in [-0.1, -0.05) is 12.1 Å². The Morgan fingerprint density at radius 3 is 2.77 bits per heavy atom. The van der Waals surface area contributed by atoms with E-state index < -0.39 is 0 Å². The van der Waals surface area contributed by atoms with Crippen molar-refractivity contribution in [2.75, 3.05) is 31.2 Å². The van der Waals surface area contributed by atoms with Gasteiger partial charge in [0.2, 0.25) is 0 Å². The first-order valence-electron chi connectivity index (χ1n) is 8.74. The summed E-state index contributed by atoms with van der Waals surface area (Å²) in [6, 6.07) is 10.8. The van der Waals surface area contributed by atoms with Crippen molar-refractivity contribution < 1.29 is 4.74 Å². The van der Waals surface area contributed by atoms with E-state index in [9.17, 15) is 0 Å². The molecule has 1 fully saturated rings. The van der Waals surface area contributed by atoms with Gasteiger partial charge in [-0.3, -0.25) is 4.99 Å². The number of morpholine rings is 1. The molecule has 0 spiro atoms. The molecule has 0 radical (unpaired) electrons. The van der Waals surface area contributed by atoms with Crippen molar-refractivity contribution in [1.29, 1.82) is 0 Å². The highest BCUT2D eigenvalue weighted by Gasteiger charge is 2.21. The van der Waals surface area contributed by atoms with Crippen LogP contribution in [0.5, 0.6) is 0 Å². The maximum atomic E-state index is 5.44. The molecule has 0 bridgehead atoms. The van der Waals surface area contributed by atoms with Crippen LogP contribution in [0.3, 0.4) is 0 Å². The first kappa shape index (κ1) is 15.7. The zero-order chi connectivity index (χ0) is 17.3. The predicted octanol–water partition coefficient (Wildman–Crippen LogP) is 3.39. The van der Waals surface area contributed by atoms with Crippen molar-refractivity contribution in [3.63, 3.8) is 0 Å². The van der Waals surface area contributed by atoms with Gasteiger partial charge in [-0.05, 0) is 39.6 Å². The van der Waals surface area contributed by atoms with E-state index >= 15 is 0 Å². The average Bonchev–Trinajstić information content (AvgIpc) is 3.38. The maximum Gasteiger partial charge on any atom is 0.132 e. The normalized spacial score (nSPS) is 16.5. The summed E-state index contributed by atoms with van der Waals surface area (Å²) in [5, 5.41) is 4.28. The van der Waals surface area contributed by atoms with E-state index in [1.807, 2.05) is 0 Å². The van der Waals surface area contributed by atoms with E-state index in [1.54, 1.807) is 17.7 Å². The SMILES string of the molecule is c1nc(C2=NCc3ccc(-c4ccsc4)cc32)cc(N2CCOCC2)n1. The fraction of sp³-hybridized carbons (Fsp3) is 0.250. The summed E-state index contributed by atoms with van der Waals surface area (Å²) in [5.74, 6) is 0.948. The summed E-state index contributed by atoms with van der Waals surface area (Å²) in [6.07, 6.45) is 1.64. The Balaban J connectivity index is 1.50. The Bertz CT molecular complexity index is 962. The number of hydrogen-bond acceptors (Lipinski definition) is 6. The van der Waals surface area contributed by atoms with Gasteiger partial charge in [0.15, 0.2) is 0 Å². The van der Waals surface area contributed by atoms with Crippen LogP contribution in [-0.4, -0.2) is 42.0 Å². The molecular formula is C20H18N4OS. The minimum atomic E-state index is 0.714. The molecule has 0 amide bonds. The Labute approximate surface area is 156 Å². The molecule has 5 nitrogen and oxygen atoms in total. The van der Waals surface area contributed by atoms with Gasteiger partial charge in [-0.2, -0.15) is 11.3 Å². The number of hydrogen-bond donors (Lipinski definition) is 0. The number of aliphatic imine (C=N–C) groups is 1. The monoisotopic (exact) mass is 362 g/mol. The fourth-order valence-corrected chi connectivity index (χ4v) is 4.12. The van der Waals surface area contributed by atoms with Crippen molar-refractivity contribution in [2.45, 2.75) is 6.54 Å². The molecule has 0 aliphatic carbocycles. The standard InChI is InChI=1S/C20H18N4OS/c1-2-15-11-21-20(17(15)9-14(1)16-3-8-26-12-16)18-10-19(23-13-22-18)24-4-6-25-7-5-24/h1-3,8-10,12-13H,4-7,11H2. The van der Waals surface area contributed by atoms with Crippen LogP contribution in [0.4, 0.5) is 5.82 Å². The molecule has 26 heavy (non-hydrogen) atoms. The first-order valence-corrected chi connectivity index (χ1v) is 9.68. The number of rotatable bonds is 3. The van der Waals surface area contributed by atoms with Crippen molar-refractivity contribution in [1.82, 2.24) is 9.97 Å². The minimum Gasteiger partial charge on any atom is -0.378 e. The number of fused-ring (bicyclic) bond motifs is 1. The molecule has 0 saturated carbocycles. The van der Waals surface area contributed by atoms with Crippen LogP contribution in [0.25, 0.3) is 11.1 Å². The number of nitrogens with zero attached hydrogens (tertiary/aromatic N) is 4. The average molecular weight is 362 g/mol. The van der Waals surface area contributed by atoms with E-state index in [4.69, 9.17) is 9.73 Å². The fourth-order valence-electron chi connectivity index (χ4n) is 3.45. The number of thiophene rings is 1. The van der Waals surface area contributed by atoms with E-state index in [0.717, 1.165) is 43.5 Å². The maximum absolute atomic E-state index is 5.44. The second-order valence-electron chi connectivity index (χ2n) is 6.41. The second-order valence-corrected chi connectivity index (χ2v) is 7.19. The van der Waals surface area contributed by atoms with Gasteiger partial charge in [0.05, 0.1) is 31.2 Å². The molecule has 0 unspecified atom stereocenters. The lowest BCUT2D eigenvalue weighted by atomic mass is 9.98. The molecule has 130 valence electrons. The smallest absolute Gasteiger partial charge is 0.132 e. The van der Waals surface area contributed by atoms with Gasteiger partial charge in [-0.15, -0.1) is 0 Å². The second kappa shape index (κ2) is 6.63. The van der Waals surface area contributed by atoms with Crippen LogP contribution >= 0.6 is 11.3 Å². The predicted molar refractivity (Wildman–Crippen MR) is 104 cm³/mol. The third kappa shape index (κ3) is 2.81. The number of benzene rings is 1. The van der Waals surface area contributed by atoms with E-state index in [-0.39, 0.29) is 0 Å². The molecule has 1 aromatic carbocycles. The summed E-state index contributed by atoms with van der Waals surface area (Å²) < 4.78 is 5.44. The number of anilines is 1. The summed E-state index contributed by atoms with van der Waals surface area (Å²) in [5.41, 5.74) is 6.77. The molecule has 2 aliphatic heterocycles. The number of aromatic nitrogens is 2. The van der Waals surface area contributed by atoms with E-state index in [1.165, 1.54) is 22.3 Å². The zero-order valence-electron chi connectivity index (χ0n) is 14.3. The van der Waals surface area contributed by atoms with Crippen molar-refractivity contribution in [2.24, 2.45) is 4.99 Å². The lowest BCUT2D eigenvalue weighted by Gasteiger charge is -2.27. The third-order valence-electron chi connectivity index (χ3n) is 4.86. The van der Waals surface area contributed by atoms with E-state index in [0.29, 0.717) is 6.54 Å². The molecular weight excluding hydrogens is 344 g/mol. The molecule has 3 aromatic rings. The zero-order valence-corrected chi connectivity index (χ0v) is 15.1. The van der Waals surface area contributed by atoms with Gasteiger partial charge in [0, 0.05) is 24.7 Å². The van der Waals surface area contributed by atoms with Gasteiger partial charge >= 0.3 is 0 Å². The molecule has 0 N–H and O–H groups in total. The first-order chi connectivity index (χ1) is 12.9. The van der Waals surface area contributed by atoms with Crippen LogP contribution in [0.15, 0.2) is 52.4 Å². The largest absolute Gasteiger partial charge is 0.378 e. The molecule has 2 aliphatic rings. The van der Waals surface area contributed by atoms with Crippen LogP contribution in [-0.2, 0) is 11.3 Å². The summed E-state index contributed by atoms with van der Waals surface area (Å²) in [7, 11) is 0. The van der Waals surface area contributed by atoms with Crippen LogP contribution < -0.4 is 4.90 Å². The molecule has 0 atom stereocenters. The highest BCUT2D eigenvalue weighted by Crippen LogP contribution is 2.29. The van der Waals surface area contributed by atoms with Gasteiger partial charge < -0.3 is 9.64 Å². The van der Waals surface area contributed by atoms with Gasteiger partial charge in [-0.25, -0.2) is 9.97 Å². The number of ether oxygens (including phenoxy) is 1. The van der Waals surface area contributed by atoms with Crippen molar-refractivity contribution in [3.05, 3.63) is 64.2 Å². The molecule has 5 rings (SSSR count). The Morgan fingerprint density at radius 2 is 1.92 bits per heavy atom. The summed E-state index contributed by atoms with van der Waals surface area (Å²) >= 11 is 1.72. The highest BCUT2D eigenvalue weighted by molar-refractivity contribution is 7.08. The topological polar surface area (TPSA) is 50.6 Å². The third-order valence-corrected chi connectivity index (χ3v) is 5.54. The molecule has 4 heterocycles. The highest BCUT2D eigenvalue weighted by atomic mass is 32.1.